The summed E-state index contributed by atoms with van der Waals surface area (Å²) in [4.78, 5) is 14.9. The fourth-order valence-electron chi connectivity index (χ4n) is 2.68. The maximum atomic E-state index is 10.8. The average Bonchev–Trinajstić information content (AvgIpc) is 2.72. The molecule has 0 aromatic heterocycles. The van der Waals surface area contributed by atoms with Gasteiger partial charge in [-0.15, -0.1) is 0 Å². The van der Waals surface area contributed by atoms with E-state index in [0.717, 1.165) is 26.9 Å². The molecule has 0 saturated carbocycles. The molecule has 0 unspecified atom stereocenters. The second kappa shape index (κ2) is 9.34. The van der Waals surface area contributed by atoms with E-state index in [1.807, 2.05) is 43.3 Å². The van der Waals surface area contributed by atoms with Crippen molar-refractivity contribution in [3.8, 4) is 11.5 Å². The van der Waals surface area contributed by atoms with Gasteiger partial charge in [0, 0.05) is 18.3 Å². The van der Waals surface area contributed by atoms with Crippen molar-refractivity contribution in [2.24, 2.45) is 4.99 Å². The number of non-ortho nitro benzene ring substituents is 1. The predicted molar refractivity (Wildman–Crippen MR) is 117 cm³/mol. The van der Waals surface area contributed by atoms with Gasteiger partial charge in [0.1, 0.15) is 6.61 Å². The van der Waals surface area contributed by atoms with E-state index in [4.69, 9.17) is 9.47 Å². The van der Waals surface area contributed by atoms with E-state index in [2.05, 4.69) is 20.9 Å². The van der Waals surface area contributed by atoms with Crippen LogP contribution in [0.1, 0.15) is 16.7 Å². The lowest BCUT2D eigenvalue weighted by Crippen LogP contribution is -2.00. The number of ether oxygens (including phenoxy) is 2. The molecule has 0 N–H and O–H groups in total. The molecule has 0 aliphatic rings. The lowest BCUT2D eigenvalue weighted by Gasteiger charge is -2.13. The summed E-state index contributed by atoms with van der Waals surface area (Å²) < 4.78 is 12.1. The molecule has 0 radical (unpaired) electrons. The van der Waals surface area contributed by atoms with Crippen LogP contribution in [0.15, 0.2) is 70.1 Å². The zero-order valence-corrected chi connectivity index (χ0v) is 17.5. The molecule has 29 heavy (non-hydrogen) atoms. The third kappa shape index (κ3) is 5.20. The highest BCUT2D eigenvalue weighted by molar-refractivity contribution is 9.10. The number of hydrogen-bond acceptors (Lipinski definition) is 5. The number of nitro groups is 1. The zero-order chi connectivity index (χ0) is 20.8. The van der Waals surface area contributed by atoms with E-state index in [0.29, 0.717) is 11.5 Å². The van der Waals surface area contributed by atoms with Gasteiger partial charge in [-0.25, -0.2) is 0 Å². The minimum absolute atomic E-state index is 0.0461. The van der Waals surface area contributed by atoms with E-state index < -0.39 is 4.92 Å². The number of nitrogens with zero attached hydrogens (tertiary/aromatic N) is 2. The Kier molecular flexibility index (Phi) is 6.61. The van der Waals surface area contributed by atoms with Gasteiger partial charge in [-0.1, -0.05) is 18.2 Å². The summed E-state index contributed by atoms with van der Waals surface area (Å²) >= 11 is 3.53. The van der Waals surface area contributed by atoms with Crippen molar-refractivity contribution in [1.29, 1.82) is 0 Å². The molecule has 3 rings (SSSR count). The van der Waals surface area contributed by atoms with Gasteiger partial charge in [0.15, 0.2) is 11.5 Å². The Balaban J connectivity index is 1.77. The van der Waals surface area contributed by atoms with E-state index in [-0.39, 0.29) is 12.3 Å². The molecule has 0 aliphatic heterocycles. The van der Waals surface area contributed by atoms with Crippen LogP contribution in [0, 0.1) is 17.0 Å². The highest BCUT2D eigenvalue weighted by Gasteiger charge is 2.12. The summed E-state index contributed by atoms with van der Waals surface area (Å²) in [5.74, 6) is 1.12. The molecule has 6 nitrogen and oxygen atoms in total. The van der Waals surface area contributed by atoms with Crippen molar-refractivity contribution >= 4 is 33.5 Å². The zero-order valence-electron chi connectivity index (χ0n) is 16.0. The first-order chi connectivity index (χ1) is 14.0. The van der Waals surface area contributed by atoms with Gasteiger partial charge >= 0.3 is 0 Å². The highest BCUT2D eigenvalue weighted by Crippen LogP contribution is 2.37. The summed E-state index contributed by atoms with van der Waals surface area (Å²) in [6.45, 7) is 2.27. The van der Waals surface area contributed by atoms with Crippen molar-refractivity contribution in [3.05, 3.63) is 91.9 Å². The van der Waals surface area contributed by atoms with Crippen LogP contribution in [0.3, 0.4) is 0 Å². The van der Waals surface area contributed by atoms with E-state index in [1.54, 1.807) is 25.5 Å². The molecular weight excluding hydrogens is 436 g/mol. The number of benzene rings is 3. The van der Waals surface area contributed by atoms with E-state index in [1.165, 1.54) is 12.1 Å². The van der Waals surface area contributed by atoms with Crippen LogP contribution in [-0.2, 0) is 6.61 Å². The lowest BCUT2D eigenvalue weighted by atomic mass is 10.2. The number of rotatable bonds is 7. The Morgan fingerprint density at radius 2 is 1.86 bits per heavy atom. The quantitative estimate of drug-likeness (QED) is 0.249. The summed E-state index contributed by atoms with van der Waals surface area (Å²) in [6.07, 6.45) is 1.77. The minimum Gasteiger partial charge on any atom is -0.493 e. The largest absolute Gasteiger partial charge is 0.493 e. The van der Waals surface area contributed by atoms with Crippen LogP contribution in [0.4, 0.5) is 11.4 Å². The maximum absolute atomic E-state index is 10.8. The third-order valence-electron chi connectivity index (χ3n) is 4.25. The van der Waals surface area contributed by atoms with Crippen LogP contribution in [0.2, 0.25) is 0 Å². The first-order valence-electron chi connectivity index (χ1n) is 8.81. The molecule has 3 aromatic rings. The monoisotopic (exact) mass is 454 g/mol. The van der Waals surface area contributed by atoms with Gasteiger partial charge in [-0.3, -0.25) is 15.1 Å². The molecule has 0 fully saturated rings. The Labute approximate surface area is 177 Å². The van der Waals surface area contributed by atoms with Crippen LogP contribution in [0.5, 0.6) is 11.5 Å². The molecule has 3 aromatic carbocycles. The Hall–Kier alpha value is -3.19. The number of methoxy groups -OCH3 is 1. The molecule has 7 heteroatoms. The number of aryl methyl sites for hydroxylation is 1. The highest BCUT2D eigenvalue weighted by atomic mass is 79.9. The van der Waals surface area contributed by atoms with Crippen molar-refractivity contribution < 1.29 is 14.4 Å². The number of para-hydroxylation sites is 1. The second-order valence-electron chi connectivity index (χ2n) is 6.29. The molecule has 0 spiro atoms. The second-order valence-corrected chi connectivity index (χ2v) is 7.15. The number of aliphatic imine (C=N–C) groups is 1. The Bertz CT molecular complexity index is 1050. The van der Waals surface area contributed by atoms with Crippen LogP contribution in [0.25, 0.3) is 0 Å². The van der Waals surface area contributed by atoms with Crippen molar-refractivity contribution in [2.75, 3.05) is 7.11 Å². The van der Waals surface area contributed by atoms with Crippen molar-refractivity contribution in [2.45, 2.75) is 13.5 Å². The first-order valence-corrected chi connectivity index (χ1v) is 9.60. The molecule has 0 heterocycles. The average molecular weight is 455 g/mol. The van der Waals surface area contributed by atoms with Gasteiger partial charge < -0.3 is 9.47 Å². The van der Waals surface area contributed by atoms with Crippen molar-refractivity contribution in [3.63, 3.8) is 0 Å². The summed E-state index contributed by atoms with van der Waals surface area (Å²) in [6, 6.07) is 17.9. The molecule has 0 saturated heterocycles. The molecular formula is C22H19BrN2O4. The normalized spacial score (nSPS) is 10.9. The van der Waals surface area contributed by atoms with Gasteiger partial charge in [-0.05, 0) is 69.9 Å². The maximum Gasteiger partial charge on any atom is 0.269 e. The number of halogens is 1. The van der Waals surface area contributed by atoms with E-state index in [9.17, 15) is 10.1 Å². The fraction of sp³-hybridized carbons (Fsp3) is 0.136. The SMILES string of the molecule is COc1cc(C=Nc2ccccc2C)cc(Br)c1OCc1ccc([N+](=O)[O-])cc1. The third-order valence-corrected chi connectivity index (χ3v) is 4.84. The van der Waals surface area contributed by atoms with E-state index >= 15 is 0 Å². The molecule has 0 aliphatic carbocycles. The van der Waals surface area contributed by atoms with Gasteiger partial charge in [-0.2, -0.15) is 0 Å². The molecule has 0 bridgehead atoms. The molecule has 0 atom stereocenters. The van der Waals surface area contributed by atoms with Crippen LogP contribution >= 0.6 is 15.9 Å². The smallest absolute Gasteiger partial charge is 0.269 e. The van der Waals surface area contributed by atoms with Gasteiger partial charge in [0.2, 0.25) is 0 Å². The van der Waals surface area contributed by atoms with Crippen molar-refractivity contribution in [1.82, 2.24) is 0 Å². The Morgan fingerprint density at radius 1 is 1.14 bits per heavy atom. The predicted octanol–water partition coefficient (Wildman–Crippen LogP) is 6.00. The van der Waals surface area contributed by atoms with Crippen LogP contribution < -0.4 is 9.47 Å². The lowest BCUT2D eigenvalue weighted by molar-refractivity contribution is -0.384. The first kappa shape index (κ1) is 20.5. The summed E-state index contributed by atoms with van der Waals surface area (Å²) in [7, 11) is 1.57. The fourth-order valence-corrected chi connectivity index (χ4v) is 3.25. The summed E-state index contributed by atoms with van der Waals surface area (Å²) in [5.41, 5.74) is 3.72. The number of hydrogen-bond donors (Lipinski definition) is 0. The molecule has 0 amide bonds. The summed E-state index contributed by atoms with van der Waals surface area (Å²) in [5, 5.41) is 10.8. The standard InChI is InChI=1S/C22H19BrN2O4/c1-15-5-3-4-6-20(15)24-13-17-11-19(23)22(21(12-17)28-2)29-14-16-7-9-18(10-8-16)25(26)27/h3-13H,14H2,1-2H3. The van der Waals surface area contributed by atoms with Crippen LogP contribution in [-0.4, -0.2) is 18.2 Å². The van der Waals surface area contributed by atoms with Gasteiger partial charge in [0.25, 0.3) is 5.69 Å². The Morgan fingerprint density at radius 3 is 2.52 bits per heavy atom. The molecule has 148 valence electrons. The van der Waals surface area contributed by atoms with Gasteiger partial charge in [0.05, 0.1) is 22.2 Å². The number of nitro benzene ring substituents is 1. The minimum atomic E-state index is -0.429. The topological polar surface area (TPSA) is 74.0 Å².